The first-order chi connectivity index (χ1) is 12.1. The Morgan fingerprint density at radius 2 is 1.00 bits per heavy atom. The zero-order chi connectivity index (χ0) is 20.3. The number of esters is 1. The highest BCUT2D eigenvalue weighted by Gasteiger charge is 2.24. The molecule has 0 aromatic rings. The third-order valence-electron chi connectivity index (χ3n) is 3.20. The Balaban J connectivity index is -0.0000000868. The number of hydrogen-bond donors (Lipinski definition) is 2. The monoisotopic (exact) mass is 516 g/mol. The van der Waals surface area contributed by atoms with Crippen molar-refractivity contribution in [2.24, 2.45) is 0 Å². The van der Waals surface area contributed by atoms with Crippen LogP contribution >= 0.6 is 0 Å². The van der Waals surface area contributed by atoms with Crippen molar-refractivity contribution >= 4 is 35.1 Å². The highest BCUT2D eigenvalue weighted by atomic mass is 16.5. The van der Waals surface area contributed by atoms with Gasteiger partial charge in [0.15, 0.2) is 17.7 Å². The van der Waals surface area contributed by atoms with Gasteiger partial charge in [-0.1, -0.05) is 66.8 Å². The van der Waals surface area contributed by atoms with E-state index in [-0.39, 0.29) is 85.7 Å². The highest BCUT2D eigenvalue weighted by Crippen LogP contribution is 2.03. The Morgan fingerprint density at radius 1 is 0.629 bits per heavy atom. The van der Waals surface area contributed by atoms with E-state index < -0.39 is 54.4 Å². The molecule has 10 heteroatoms. The van der Waals surface area contributed by atoms with E-state index in [4.69, 9.17) is 9.47 Å². The van der Waals surface area contributed by atoms with Crippen LogP contribution in [0.4, 0.5) is 0 Å². The maximum atomic E-state index is 11.8. The minimum Gasteiger partial charge on any atom is -0.454 e. The molecular weight excluding hydrogens is 456 g/mol. The summed E-state index contributed by atoms with van der Waals surface area (Å²) in [4.78, 5) is 68.4. The smallest absolute Gasteiger partial charge is 0.316 e. The van der Waals surface area contributed by atoms with Crippen LogP contribution in [-0.2, 0) is 38.2 Å². The van der Waals surface area contributed by atoms with E-state index in [2.05, 4.69) is 10.6 Å². The summed E-state index contributed by atoms with van der Waals surface area (Å²) in [6.45, 7) is 3.78. The molecule has 2 amide bonds. The maximum Gasteiger partial charge on any atom is 0.316 e. The van der Waals surface area contributed by atoms with Gasteiger partial charge in [-0.3, -0.25) is 28.8 Å². The van der Waals surface area contributed by atoms with E-state index in [0.717, 1.165) is 0 Å². The highest BCUT2D eigenvalue weighted by molar-refractivity contribution is 6.03. The average molecular weight is 517 g/mol. The van der Waals surface area contributed by atoms with Gasteiger partial charge in [0.2, 0.25) is 11.8 Å². The number of ketones is 3. The van der Waals surface area contributed by atoms with Gasteiger partial charge >= 0.3 is 5.97 Å². The topological polar surface area (TPSA) is 145 Å². The van der Waals surface area contributed by atoms with Gasteiger partial charge in [0.1, 0.15) is 18.3 Å². The summed E-state index contributed by atoms with van der Waals surface area (Å²) in [6, 6.07) is 0. The van der Waals surface area contributed by atoms with Crippen LogP contribution in [0.2, 0.25) is 0 Å². The first-order valence-corrected chi connectivity index (χ1v) is 7.87. The standard InChI is InChI=1S/C16H24N2O8.9CH4/c1-9(19)5-14(22)17-8-18-15(23)7-16(24)26-11(3)13(21)6-12(20)10(2)25-4;;;;;;;;;/h10-11H,5-8H2,1-4H3,(H,17,22)(H,18,23);9*1H4. The summed E-state index contributed by atoms with van der Waals surface area (Å²) >= 11 is 0. The second kappa shape index (κ2) is 33.6. The molecule has 0 rings (SSSR count). The predicted molar refractivity (Wildman–Crippen MR) is 148 cm³/mol. The Labute approximate surface area is 217 Å². The van der Waals surface area contributed by atoms with Gasteiger partial charge in [0, 0.05) is 7.11 Å². The van der Waals surface area contributed by atoms with Crippen molar-refractivity contribution in [2.45, 2.75) is 119 Å². The number of ether oxygens (including phenoxy) is 2. The van der Waals surface area contributed by atoms with Crippen LogP contribution in [0.15, 0.2) is 0 Å². The van der Waals surface area contributed by atoms with E-state index in [1.807, 2.05) is 0 Å². The number of amides is 2. The van der Waals surface area contributed by atoms with Gasteiger partial charge in [0.25, 0.3) is 0 Å². The lowest BCUT2D eigenvalue weighted by Crippen LogP contribution is -2.39. The number of methoxy groups -OCH3 is 1. The van der Waals surface area contributed by atoms with Crippen LogP contribution in [-0.4, -0.2) is 61.1 Å². The number of rotatable bonds is 12. The Morgan fingerprint density at radius 3 is 1.37 bits per heavy atom. The van der Waals surface area contributed by atoms with Crippen molar-refractivity contribution < 1.29 is 38.2 Å². The van der Waals surface area contributed by atoms with Crippen molar-refractivity contribution in [2.75, 3.05) is 13.8 Å². The Kier molecular flexibility index (Phi) is 61.0. The van der Waals surface area contributed by atoms with Gasteiger partial charge in [-0.2, -0.15) is 0 Å². The fourth-order valence-electron chi connectivity index (χ4n) is 1.62. The summed E-state index contributed by atoms with van der Waals surface area (Å²) in [5.74, 6) is -3.62. The molecule has 0 radical (unpaired) electrons. The van der Waals surface area contributed by atoms with E-state index in [1.165, 1.54) is 27.9 Å². The third-order valence-corrected chi connectivity index (χ3v) is 3.20. The molecule has 0 aromatic heterocycles. The minimum atomic E-state index is -1.18. The fraction of sp³-hybridized carbons (Fsp3) is 0.760. The first-order valence-electron chi connectivity index (χ1n) is 7.87. The molecule has 218 valence electrons. The summed E-state index contributed by atoms with van der Waals surface area (Å²) in [5.41, 5.74) is 0. The first kappa shape index (κ1) is 63.7. The molecule has 2 N–H and O–H groups in total. The van der Waals surface area contributed by atoms with Gasteiger partial charge in [0.05, 0.1) is 19.5 Å². The van der Waals surface area contributed by atoms with Gasteiger partial charge in [-0.25, -0.2) is 0 Å². The van der Waals surface area contributed by atoms with Crippen LogP contribution in [0.25, 0.3) is 0 Å². The van der Waals surface area contributed by atoms with Gasteiger partial charge in [-0.15, -0.1) is 0 Å². The van der Waals surface area contributed by atoms with Crippen molar-refractivity contribution in [1.29, 1.82) is 0 Å². The Hall–Kier alpha value is -2.62. The van der Waals surface area contributed by atoms with E-state index in [1.54, 1.807) is 0 Å². The van der Waals surface area contributed by atoms with Gasteiger partial charge < -0.3 is 20.1 Å². The SMILES string of the molecule is C.C.C.C.C.C.C.C.C.COC(C)C(=O)CC(=O)C(C)OC(=O)CC(=O)NCNC(=O)CC(C)=O. The van der Waals surface area contributed by atoms with E-state index in [9.17, 15) is 28.8 Å². The summed E-state index contributed by atoms with van der Waals surface area (Å²) in [5, 5.41) is 4.50. The minimum absolute atomic E-state index is 0. The molecular formula is C25H60N2O8. The van der Waals surface area contributed by atoms with E-state index >= 15 is 0 Å². The number of hydrogen-bond acceptors (Lipinski definition) is 8. The van der Waals surface area contributed by atoms with Crippen molar-refractivity contribution in [1.82, 2.24) is 10.6 Å². The maximum absolute atomic E-state index is 11.8. The molecule has 0 spiro atoms. The number of Topliss-reactive ketones (excluding diaryl/α,β-unsaturated/α-hetero) is 3. The fourth-order valence-corrected chi connectivity index (χ4v) is 1.62. The van der Waals surface area contributed by atoms with Crippen molar-refractivity contribution in [3.8, 4) is 0 Å². The number of carbonyl (C=O) groups is 6. The zero-order valence-corrected chi connectivity index (χ0v) is 15.2. The lowest BCUT2D eigenvalue weighted by molar-refractivity contribution is -0.156. The Bertz CT molecular complexity index is 578. The molecule has 10 nitrogen and oxygen atoms in total. The number of carbonyl (C=O) groups excluding carboxylic acids is 6. The molecule has 0 saturated heterocycles. The second-order valence-electron chi connectivity index (χ2n) is 5.55. The number of nitrogens with one attached hydrogen (secondary N) is 2. The molecule has 2 unspecified atom stereocenters. The molecule has 0 saturated carbocycles. The molecule has 0 aliphatic carbocycles. The molecule has 0 fully saturated rings. The molecule has 0 heterocycles. The lowest BCUT2D eigenvalue weighted by Gasteiger charge is -2.13. The van der Waals surface area contributed by atoms with Crippen LogP contribution in [0, 0.1) is 0 Å². The lowest BCUT2D eigenvalue weighted by atomic mass is 10.1. The molecule has 35 heavy (non-hydrogen) atoms. The van der Waals surface area contributed by atoms with Crippen LogP contribution in [0.3, 0.4) is 0 Å². The van der Waals surface area contributed by atoms with Gasteiger partial charge in [-0.05, 0) is 20.8 Å². The summed E-state index contributed by atoms with van der Waals surface area (Å²) in [7, 11) is 1.33. The average Bonchev–Trinajstić information content (AvgIpc) is 2.52. The predicted octanol–water partition coefficient (Wildman–Crippen LogP) is 4.77. The molecule has 0 aromatic carbocycles. The molecule has 0 aliphatic rings. The van der Waals surface area contributed by atoms with Crippen LogP contribution in [0.5, 0.6) is 0 Å². The second-order valence-corrected chi connectivity index (χ2v) is 5.55. The summed E-state index contributed by atoms with van der Waals surface area (Å²) < 4.78 is 9.59. The summed E-state index contributed by atoms with van der Waals surface area (Å²) in [6.07, 6.45) is -3.34. The van der Waals surface area contributed by atoms with Crippen LogP contribution in [0.1, 0.15) is 107 Å². The van der Waals surface area contributed by atoms with E-state index in [0.29, 0.717) is 0 Å². The molecule has 0 aliphatic heterocycles. The normalized spacial score (nSPS) is 9.26. The largest absolute Gasteiger partial charge is 0.454 e. The quantitative estimate of drug-likeness (QED) is 0.214. The van der Waals surface area contributed by atoms with Crippen molar-refractivity contribution in [3.63, 3.8) is 0 Å². The zero-order valence-electron chi connectivity index (χ0n) is 15.2. The third kappa shape index (κ3) is 31.4. The van der Waals surface area contributed by atoms with Crippen molar-refractivity contribution in [3.05, 3.63) is 0 Å². The molecule has 2 atom stereocenters. The molecule has 0 bridgehead atoms. The van der Waals surface area contributed by atoms with Crippen LogP contribution < -0.4 is 10.6 Å².